The number of carboxylic acids is 1. The van der Waals surface area contributed by atoms with Crippen molar-refractivity contribution in [3.63, 3.8) is 0 Å². The summed E-state index contributed by atoms with van der Waals surface area (Å²) in [7, 11) is 0. The Kier molecular flexibility index (Phi) is 3.84. The number of carbonyl (C=O) groups is 1. The second-order valence-electron chi connectivity index (χ2n) is 2.12. The molecule has 0 fully saturated rings. The van der Waals surface area contributed by atoms with Gasteiger partial charge < -0.3 is 5.11 Å². The number of pyridine rings is 1. The number of hydrogen-bond acceptors (Lipinski definition) is 3. The van der Waals surface area contributed by atoms with E-state index in [1.807, 2.05) is 0 Å². The summed E-state index contributed by atoms with van der Waals surface area (Å²) in [5.74, 6) is -0.966. The predicted molar refractivity (Wildman–Crippen MR) is 52.6 cm³/mol. The van der Waals surface area contributed by atoms with E-state index in [4.69, 9.17) is 28.3 Å². The number of carboxylic acid groups (broad SMARTS) is 1. The second-order valence-corrected chi connectivity index (χ2v) is 3.93. The van der Waals surface area contributed by atoms with Crippen LogP contribution in [0.15, 0.2) is 17.3 Å². The first-order valence-corrected chi connectivity index (χ1v) is 4.99. The lowest BCUT2D eigenvalue weighted by Crippen LogP contribution is -1.98. The molecule has 0 amide bonds. The largest absolute Gasteiger partial charge is 0.481 e. The van der Waals surface area contributed by atoms with Crippen LogP contribution in [0.1, 0.15) is 0 Å². The highest BCUT2D eigenvalue weighted by Crippen LogP contribution is 2.26. The molecular formula is C7H5Cl2NO2S. The fraction of sp³-hybridized carbons (Fsp3) is 0.143. The Morgan fingerprint density at radius 2 is 2.31 bits per heavy atom. The lowest BCUT2D eigenvalue weighted by atomic mass is 10.5. The summed E-state index contributed by atoms with van der Waals surface area (Å²) in [4.78, 5) is 14.1. The van der Waals surface area contributed by atoms with Crippen LogP contribution in [-0.2, 0) is 4.79 Å². The van der Waals surface area contributed by atoms with Gasteiger partial charge in [-0.3, -0.25) is 4.79 Å². The lowest BCUT2D eigenvalue weighted by Gasteiger charge is -2.00. The normalized spacial score (nSPS) is 10.0. The van der Waals surface area contributed by atoms with E-state index in [9.17, 15) is 4.79 Å². The molecule has 0 radical (unpaired) electrons. The van der Waals surface area contributed by atoms with Crippen LogP contribution in [0, 0.1) is 0 Å². The zero-order chi connectivity index (χ0) is 9.84. The smallest absolute Gasteiger partial charge is 0.313 e. The first kappa shape index (κ1) is 10.6. The summed E-state index contributed by atoms with van der Waals surface area (Å²) in [6.07, 6.45) is 1.43. The molecule has 0 aromatic carbocycles. The summed E-state index contributed by atoms with van der Waals surface area (Å²) in [6.45, 7) is 0. The molecular weight excluding hydrogens is 233 g/mol. The first-order chi connectivity index (χ1) is 6.09. The number of hydrogen-bond donors (Lipinski definition) is 1. The van der Waals surface area contributed by atoms with Gasteiger partial charge in [0.05, 0.1) is 15.8 Å². The van der Waals surface area contributed by atoms with E-state index in [0.717, 1.165) is 11.8 Å². The molecule has 0 atom stereocenters. The molecule has 1 N–H and O–H groups in total. The van der Waals surface area contributed by atoms with Crippen LogP contribution in [0.5, 0.6) is 0 Å². The molecule has 1 rings (SSSR count). The Balaban J connectivity index is 2.72. The molecule has 3 nitrogen and oxygen atoms in total. The van der Waals surface area contributed by atoms with Gasteiger partial charge in [0.1, 0.15) is 5.03 Å². The van der Waals surface area contributed by atoms with Crippen molar-refractivity contribution in [2.45, 2.75) is 5.03 Å². The minimum absolute atomic E-state index is 0.0612. The monoisotopic (exact) mass is 237 g/mol. The van der Waals surface area contributed by atoms with Gasteiger partial charge in [-0.05, 0) is 6.07 Å². The van der Waals surface area contributed by atoms with Crippen molar-refractivity contribution in [1.82, 2.24) is 4.98 Å². The van der Waals surface area contributed by atoms with Crippen molar-refractivity contribution >= 4 is 40.9 Å². The number of halogens is 2. The topological polar surface area (TPSA) is 50.2 Å². The van der Waals surface area contributed by atoms with E-state index in [0.29, 0.717) is 15.1 Å². The number of aromatic nitrogens is 1. The zero-order valence-corrected chi connectivity index (χ0v) is 8.66. The Bertz CT molecular complexity index is 332. The third-order valence-corrected chi connectivity index (χ3v) is 2.70. The van der Waals surface area contributed by atoms with Crippen molar-refractivity contribution in [3.05, 3.63) is 22.3 Å². The third-order valence-electron chi connectivity index (χ3n) is 1.11. The Hall–Kier alpha value is -0.450. The van der Waals surface area contributed by atoms with E-state index in [1.165, 1.54) is 12.3 Å². The zero-order valence-electron chi connectivity index (χ0n) is 6.33. The quantitative estimate of drug-likeness (QED) is 0.822. The number of rotatable bonds is 3. The minimum Gasteiger partial charge on any atom is -0.481 e. The average molecular weight is 238 g/mol. The highest BCUT2D eigenvalue weighted by molar-refractivity contribution is 8.00. The number of nitrogens with zero attached hydrogens (tertiary/aromatic N) is 1. The second kappa shape index (κ2) is 4.69. The summed E-state index contributed by atoms with van der Waals surface area (Å²) < 4.78 is 0. The highest BCUT2D eigenvalue weighted by atomic mass is 35.5. The van der Waals surface area contributed by atoms with Gasteiger partial charge in [0, 0.05) is 6.20 Å². The van der Waals surface area contributed by atoms with E-state index in [2.05, 4.69) is 4.98 Å². The maximum Gasteiger partial charge on any atom is 0.313 e. The molecule has 13 heavy (non-hydrogen) atoms. The van der Waals surface area contributed by atoms with Crippen molar-refractivity contribution < 1.29 is 9.90 Å². The molecule has 0 unspecified atom stereocenters. The standard InChI is InChI=1S/C7H5Cl2NO2S/c8-4-1-5(9)7(10-2-4)13-3-6(11)12/h1-2H,3H2,(H,11,12). The summed E-state index contributed by atoms with van der Waals surface area (Å²) in [6, 6.07) is 1.53. The van der Waals surface area contributed by atoms with Crippen LogP contribution in [-0.4, -0.2) is 21.8 Å². The van der Waals surface area contributed by atoms with E-state index in [1.54, 1.807) is 0 Å². The van der Waals surface area contributed by atoms with Gasteiger partial charge in [-0.15, -0.1) is 0 Å². The van der Waals surface area contributed by atoms with Crippen LogP contribution >= 0.6 is 35.0 Å². The van der Waals surface area contributed by atoms with Crippen molar-refractivity contribution in [3.8, 4) is 0 Å². The van der Waals surface area contributed by atoms with E-state index >= 15 is 0 Å². The molecule has 0 bridgehead atoms. The molecule has 1 heterocycles. The van der Waals surface area contributed by atoms with Crippen LogP contribution in [0.3, 0.4) is 0 Å². The van der Waals surface area contributed by atoms with Crippen molar-refractivity contribution in [2.75, 3.05) is 5.75 Å². The highest BCUT2D eigenvalue weighted by Gasteiger charge is 2.05. The van der Waals surface area contributed by atoms with Crippen LogP contribution in [0.25, 0.3) is 0 Å². The SMILES string of the molecule is O=C(O)CSc1ncc(Cl)cc1Cl. The maximum absolute atomic E-state index is 10.2. The molecule has 1 aromatic rings. The van der Waals surface area contributed by atoms with E-state index < -0.39 is 5.97 Å². The maximum atomic E-state index is 10.2. The Morgan fingerprint density at radius 3 is 2.85 bits per heavy atom. The fourth-order valence-electron chi connectivity index (χ4n) is 0.638. The molecule has 0 aliphatic heterocycles. The van der Waals surface area contributed by atoms with Gasteiger partial charge in [0.25, 0.3) is 0 Å². The van der Waals surface area contributed by atoms with Gasteiger partial charge in [0.15, 0.2) is 0 Å². The molecule has 6 heteroatoms. The summed E-state index contributed by atoms with van der Waals surface area (Å²) in [5.41, 5.74) is 0. The van der Waals surface area contributed by atoms with Gasteiger partial charge >= 0.3 is 5.97 Å². The van der Waals surface area contributed by atoms with Gasteiger partial charge in [0.2, 0.25) is 0 Å². The predicted octanol–water partition coefficient (Wildman–Crippen LogP) is 2.57. The summed E-state index contributed by atoms with van der Waals surface area (Å²) >= 11 is 12.4. The van der Waals surface area contributed by atoms with Gasteiger partial charge in [-0.2, -0.15) is 0 Å². The molecule has 0 spiro atoms. The average Bonchev–Trinajstić information content (AvgIpc) is 2.02. The molecule has 1 aromatic heterocycles. The summed E-state index contributed by atoms with van der Waals surface area (Å²) in [5, 5.41) is 9.69. The van der Waals surface area contributed by atoms with E-state index in [-0.39, 0.29) is 5.75 Å². The molecule has 0 saturated heterocycles. The molecule has 0 aliphatic carbocycles. The van der Waals surface area contributed by atoms with Crippen LogP contribution in [0.2, 0.25) is 10.0 Å². The van der Waals surface area contributed by atoms with Crippen molar-refractivity contribution in [2.24, 2.45) is 0 Å². The number of thioether (sulfide) groups is 1. The molecule has 0 saturated carbocycles. The Labute approximate surface area is 89.1 Å². The number of aliphatic carboxylic acids is 1. The van der Waals surface area contributed by atoms with Gasteiger partial charge in [-0.1, -0.05) is 35.0 Å². The Morgan fingerprint density at radius 1 is 1.62 bits per heavy atom. The van der Waals surface area contributed by atoms with Gasteiger partial charge in [-0.25, -0.2) is 4.98 Å². The van der Waals surface area contributed by atoms with Crippen LogP contribution in [0.4, 0.5) is 0 Å². The lowest BCUT2D eigenvalue weighted by molar-refractivity contribution is -0.133. The fourth-order valence-corrected chi connectivity index (χ4v) is 1.77. The van der Waals surface area contributed by atoms with Crippen molar-refractivity contribution in [1.29, 1.82) is 0 Å². The third kappa shape index (κ3) is 3.42. The minimum atomic E-state index is -0.905. The molecule has 0 aliphatic rings. The van der Waals surface area contributed by atoms with Crippen LogP contribution < -0.4 is 0 Å². The molecule has 70 valence electrons. The first-order valence-electron chi connectivity index (χ1n) is 3.25.